The molecule has 0 aliphatic carbocycles. The van der Waals surface area contributed by atoms with Crippen LogP contribution in [0.4, 0.5) is 20.4 Å². The van der Waals surface area contributed by atoms with Crippen LogP contribution in [0, 0.1) is 11.6 Å². The number of hydrogen-bond acceptors (Lipinski definition) is 7. The Kier molecular flexibility index (Phi) is 7.83. The molecule has 0 saturated carbocycles. The van der Waals surface area contributed by atoms with Crippen LogP contribution in [0.1, 0.15) is 39.9 Å². The number of nitrogens with zero attached hydrogens (tertiary/aromatic N) is 4. The van der Waals surface area contributed by atoms with Gasteiger partial charge in [0.15, 0.2) is 0 Å². The SMILES string of the molecule is CNC(=O)C1(N)CCN(C(=O)c2ccc(Nc3ncc4c(n3)-c3ccc(Cl)cc3C(c3c(F)cccc3F)=NC4)cc2)CC1. The molecule has 0 bridgehead atoms. The number of fused-ring (bicyclic) bond motifs is 3. The second-order valence-electron chi connectivity index (χ2n) is 10.7. The zero-order valence-corrected chi connectivity index (χ0v) is 24.5. The van der Waals surface area contributed by atoms with Crippen molar-refractivity contribution in [3.8, 4) is 11.3 Å². The molecule has 4 aromatic rings. The molecule has 2 amide bonds. The van der Waals surface area contributed by atoms with Gasteiger partial charge in [-0.1, -0.05) is 23.7 Å². The summed E-state index contributed by atoms with van der Waals surface area (Å²) in [5, 5.41) is 6.14. The molecular formula is C32H28ClF2N7O2. The predicted octanol–water partition coefficient (Wildman–Crippen LogP) is 4.85. The van der Waals surface area contributed by atoms with Gasteiger partial charge in [0.2, 0.25) is 11.9 Å². The average molecular weight is 616 g/mol. The number of halogens is 3. The van der Waals surface area contributed by atoms with Gasteiger partial charge in [0.25, 0.3) is 5.91 Å². The highest BCUT2D eigenvalue weighted by molar-refractivity contribution is 6.31. The molecule has 0 atom stereocenters. The summed E-state index contributed by atoms with van der Waals surface area (Å²) in [4.78, 5) is 40.6. The van der Waals surface area contributed by atoms with Gasteiger partial charge in [0, 0.05) is 59.3 Å². The third-order valence-electron chi connectivity index (χ3n) is 7.97. The van der Waals surface area contributed by atoms with E-state index in [4.69, 9.17) is 22.3 Å². The van der Waals surface area contributed by atoms with Gasteiger partial charge >= 0.3 is 0 Å². The van der Waals surface area contributed by atoms with Crippen LogP contribution in [0.25, 0.3) is 11.3 Å². The first-order valence-electron chi connectivity index (χ1n) is 14.0. The normalized spacial score (nSPS) is 15.4. The smallest absolute Gasteiger partial charge is 0.253 e. The maximum Gasteiger partial charge on any atom is 0.253 e. The van der Waals surface area contributed by atoms with Gasteiger partial charge in [-0.25, -0.2) is 18.7 Å². The summed E-state index contributed by atoms with van der Waals surface area (Å²) in [6.45, 7) is 0.869. The number of benzene rings is 3. The lowest BCUT2D eigenvalue weighted by Gasteiger charge is -2.37. The quantitative estimate of drug-likeness (QED) is 0.295. The summed E-state index contributed by atoms with van der Waals surface area (Å²) in [5.74, 6) is -1.54. The molecule has 0 unspecified atom stereocenters. The molecule has 0 radical (unpaired) electrons. The van der Waals surface area contributed by atoms with Gasteiger partial charge in [-0.2, -0.15) is 0 Å². The zero-order valence-electron chi connectivity index (χ0n) is 23.7. The van der Waals surface area contributed by atoms with Crippen molar-refractivity contribution in [2.24, 2.45) is 10.7 Å². The number of aromatic nitrogens is 2. The molecule has 2 aliphatic rings. The molecule has 1 fully saturated rings. The van der Waals surface area contributed by atoms with E-state index in [1.807, 2.05) is 0 Å². The molecule has 0 spiro atoms. The van der Waals surface area contributed by atoms with Crippen molar-refractivity contribution in [2.45, 2.75) is 24.9 Å². The molecule has 4 N–H and O–H groups in total. The molecule has 6 rings (SSSR count). The Morgan fingerprint density at radius 1 is 1.00 bits per heavy atom. The van der Waals surface area contributed by atoms with Crippen molar-refractivity contribution >= 4 is 40.8 Å². The van der Waals surface area contributed by atoms with Crippen molar-refractivity contribution in [2.75, 3.05) is 25.5 Å². The molecule has 3 heterocycles. The summed E-state index contributed by atoms with van der Waals surface area (Å²) in [7, 11) is 1.55. The fourth-order valence-corrected chi connectivity index (χ4v) is 5.69. The zero-order chi connectivity index (χ0) is 31.0. The molecule has 1 aromatic heterocycles. The molecule has 9 nitrogen and oxygen atoms in total. The van der Waals surface area contributed by atoms with Crippen LogP contribution in [0.2, 0.25) is 5.02 Å². The van der Waals surface area contributed by atoms with Gasteiger partial charge in [0.1, 0.15) is 11.6 Å². The van der Waals surface area contributed by atoms with E-state index in [0.29, 0.717) is 64.6 Å². The second-order valence-corrected chi connectivity index (χ2v) is 11.2. The fourth-order valence-electron chi connectivity index (χ4n) is 5.51. The molecule has 12 heteroatoms. The summed E-state index contributed by atoms with van der Waals surface area (Å²) >= 11 is 6.31. The predicted molar refractivity (Wildman–Crippen MR) is 164 cm³/mol. The largest absolute Gasteiger partial charge is 0.358 e. The number of piperidine rings is 1. The topological polar surface area (TPSA) is 126 Å². The number of nitrogens with one attached hydrogen (secondary N) is 2. The van der Waals surface area contributed by atoms with Gasteiger partial charge in [-0.15, -0.1) is 0 Å². The molecule has 2 aliphatic heterocycles. The van der Waals surface area contributed by atoms with Crippen LogP contribution in [-0.2, 0) is 11.3 Å². The minimum Gasteiger partial charge on any atom is -0.358 e. The lowest BCUT2D eigenvalue weighted by atomic mass is 9.87. The first kappa shape index (κ1) is 29.3. The number of aliphatic imine (C=N–C) groups is 1. The van der Waals surface area contributed by atoms with Crippen molar-refractivity contribution in [1.29, 1.82) is 0 Å². The van der Waals surface area contributed by atoms with E-state index in [1.54, 1.807) is 60.6 Å². The Hall–Kier alpha value is -4.74. The van der Waals surface area contributed by atoms with E-state index in [9.17, 15) is 18.4 Å². The van der Waals surface area contributed by atoms with Gasteiger partial charge in [-0.3, -0.25) is 14.6 Å². The van der Waals surface area contributed by atoms with Crippen molar-refractivity contribution in [1.82, 2.24) is 20.2 Å². The maximum atomic E-state index is 14.8. The first-order chi connectivity index (χ1) is 21.2. The Bertz CT molecular complexity index is 1790. The number of likely N-dealkylation sites (tertiary alicyclic amines) is 1. The number of nitrogens with two attached hydrogens (primary N) is 1. The van der Waals surface area contributed by atoms with Crippen LogP contribution in [0.15, 0.2) is 71.9 Å². The number of carbonyl (C=O) groups excluding carboxylic acids is 2. The maximum absolute atomic E-state index is 14.8. The van der Waals surface area contributed by atoms with E-state index >= 15 is 0 Å². The van der Waals surface area contributed by atoms with Crippen LogP contribution < -0.4 is 16.4 Å². The lowest BCUT2D eigenvalue weighted by Crippen LogP contribution is -2.59. The van der Waals surface area contributed by atoms with Gasteiger partial charge < -0.3 is 21.3 Å². The van der Waals surface area contributed by atoms with Crippen molar-refractivity contribution in [3.05, 3.63) is 106 Å². The highest BCUT2D eigenvalue weighted by Crippen LogP contribution is 2.35. The third kappa shape index (κ3) is 5.51. The lowest BCUT2D eigenvalue weighted by molar-refractivity contribution is -0.127. The summed E-state index contributed by atoms with van der Waals surface area (Å²) in [6, 6.07) is 15.6. The molecule has 224 valence electrons. The number of rotatable bonds is 5. The monoisotopic (exact) mass is 615 g/mol. The average Bonchev–Trinajstić information content (AvgIpc) is 3.17. The standard InChI is InChI=1S/C32H28ClF2N7O2/c1-37-30(44)32(36)11-13-42(14-12-32)29(43)18-5-8-21(9-6-18)40-31-39-17-19-16-38-28(26-24(34)3-2-4-25(26)35)23-15-20(33)7-10-22(23)27(19)41-31/h2-10,15,17H,11-14,16,36H2,1H3,(H,37,44)(H,39,40,41). The van der Waals surface area contributed by atoms with E-state index in [-0.39, 0.29) is 35.6 Å². The van der Waals surface area contributed by atoms with Crippen LogP contribution in [-0.4, -0.2) is 58.1 Å². The first-order valence-corrected chi connectivity index (χ1v) is 14.4. The minimum absolute atomic E-state index is 0.104. The molecular weight excluding hydrogens is 588 g/mol. The number of carbonyl (C=O) groups is 2. The van der Waals surface area contributed by atoms with E-state index < -0.39 is 17.2 Å². The van der Waals surface area contributed by atoms with Gasteiger partial charge in [-0.05, 0) is 61.4 Å². The summed E-state index contributed by atoms with van der Waals surface area (Å²) < 4.78 is 29.6. The van der Waals surface area contributed by atoms with E-state index in [1.165, 1.54) is 18.2 Å². The Morgan fingerprint density at radius 2 is 1.70 bits per heavy atom. The van der Waals surface area contributed by atoms with E-state index in [0.717, 1.165) is 0 Å². The van der Waals surface area contributed by atoms with Crippen molar-refractivity contribution in [3.63, 3.8) is 0 Å². The van der Waals surface area contributed by atoms with E-state index in [2.05, 4.69) is 20.6 Å². The number of hydrogen-bond donors (Lipinski definition) is 3. The van der Waals surface area contributed by atoms with Crippen LogP contribution in [0.5, 0.6) is 0 Å². The van der Waals surface area contributed by atoms with Crippen LogP contribution in [0.3, 0.4) is 0 Å². The Morgan fingerprint density at radius 3 is 2.39 bits per heavy atom. The molecule has 1 saturated heterocycles. The fraction of sp³-hybridized carbons (Fsp3) is 0.219. The second kappa shape index (κ2) is 11.7. The highest BCUT2D eigenvalue weighted by atomic mass is 35.5. The Labute approximate surface area is 257 Å². The summed E-state index contributed by atoms with van der Waals surface area (Å²) in [6.07, 6.45) is 2.38. The number of likely N-dealkylation sites (N-methyl/N-ethyl adjacent to an activating group) is 1. The Balaban J connectivity index is 1.23. The number of anilines is 2. The summed E-state index contributed by atoms with van der Waals surface area (Å²) in [5.41, 5.74) is 8.59. The molecule has 3 aromatic carbocycles. The third-order valence-corrected chi connectivity index (χ3v) is 8.21. The highest BCUT2D eigenvalue weighted by Gasteiger charge is 2.38. The van der Waals surface area contributed by atoms with Crippen LogP contribution >= 0.6 is 11.6 Å². The minimum atomic E-state index is -0.971. The van der Waals surface area contributed by atoms with Crippen molar-refractivity contribution < 1.29 is 18.4 Å². The molecule has 44 heavy (non-hydrogen) atoms. The van der Waals surface area contributed by atoms with Gasteiger partial charge in [0.05, 0.1) is 29.1 Å². The number of amides is 2.